The van der Waals surface area contributed by atoms with E-state index in [4.69, 9.17) is 0 Å². The molecule has 0 bridgehead atoms. The monoisotopic (exact) mass is 489 g/mol. The third-order valence-corrected chi connectivity index (χ3v) is 2.72. The van der Waals surface area contributed by atoms with Crippen LogP contribution in [0.25, 0.3) is 16.0 Å². The Balaban J connectivity index is -0.000000153. The maximum absolute atomic E-state index is 4.57. The summed E-state index contributed by atoms with van der Waals surface area (Å²) in [5.41, 5.74) is 1.70. The minimum absolute atomic E-state index is 0. The summed E-state index contributed by atoms with van der Waals surface area (Å²) in [6.07, 6.45) is 10.2. The van der Waals surface area contributed by atoms with E-state index in [1.165, 1.54) is 12.8 Å². The van der Waals surface area contributed by atoms with E-state index < -0.39 is 0 Å². The van der Waals surface area contributed by atoms with E-state index >= 15 is 0 Å². The molecule has 0 atom stereocenters. The predicted octanol–water partition coefficient (Wildman–Crippen LogP) is 6.29. The Morgan fingerprint density at radius 1 is 1.04 bits per heavy atom. The van der Waals surface area contributed by atoms with Crippen LogP contribution < -0.4 is 0 Å². The van der Waals surface area contributed by atoms with Crippen LogP contribution in [0.3, 0.4) is 0 Å². The first-order chi connectivity index (χ1) is 9.91. The van der Waals surface area contributed by atoms with Gasteiger partial charge in [-0.3, -0.25) is 0 Å². The summed E-state index contributed by atoms with van der Waals surface area (Å²) in [5.74, 6) is 0. The van der Waals surface area contributed by atoms with E-state index in [0.717, 1.165) is 26.1 Å². The molecule has 0 aromatic carbocycles. The predicted molar refractivity (Wildman–Crippen MR) is 105 cm³/mol. The second-order valence-corrected chi connectivity index (χ2v) is 5.88. The molecule has 0 spiro atoms. The largest absolute Gasteiger partial charge is 4.00 e. The normalized spacial score (nSPS) is 11.9. The fourth-order valence-corrected chi connectivity index (χ4v) is 1.40. The van der Waals surface area contributed by atoms with E-state index in [9.17, 15) is 0 Å². The van der Waals surface area contributed by atoms with Crippen LogP contribution in [0.15, 0.2) is 23.8 Å². The van der Waals surface area contributed by atoms with Crippen molar-refractivity contribution in [2.24, 2.45) is 0 Å². The van der Waals surface area contributed by atoms with Crippen LogP contribution in [0.4, 0.5) is 0 Å². The van der Waals surface area contributed by atoms with Gasteiger partial charge in [0.25, 0.3) is 0 Å². The third-order valence-electron chi connectivity index (χ3n) is 2.72. The number of hydrogen-bond acceptors (Lipinski definition) is 0. The number of nitrogens with zero attached hydrogens (tertiary/aromatic N) is 3. The van der Waals surface area contributed by atoms with Crippen molar-refractivity contribution in [1.82, 2.24) is 0 Å². The summed E-state index contributed by atoms with van der Waals surface area (Å²) >= 11 is 0. The minimum Gasteiger partial charge on any atom is -0.665 e. The maximum atomic E-state index is 4.57. The first-order valence-corrected chi connectivity index (χ1v) is 8.05. The number of allylic oxidation sites excluding steroid dienone is 4. The van der Waals surface area contributed by atoms with Gasteiger partial charge in [-0.1, -0.05) is 64.8 Å². The summed E-state index contributed by atoms with van der Waals surface area (Å²) in [6, 6.07) is 0. The molecule has 3 nitrogen and oxygen atoms in total. The number of rotatable bonds is 6. The summed E-state index contributed by atoms with van der Waals surface area (Å²) in [6.45, 7) is 13.4. The van der Waals surface area contributed by atoms with Crippen LogP contribution >= 0.6 is 0 Å². The van der Waals surface area contributed by atoms with Crippen molar-refractivity contribution in [3.63, 3.8) is 0 Å². The molecule has 0 amide bonds. The van der Waals surface area contributed by atoms with Crippen molar-refractivity contribution in [3.05, 3.63) is 47.2 Å². The van der Waals surface area contributed by atoms with Gasteiger partial charge in [0.2, 0.25) is 0 Å². The first-order valence-electron chi connectivity index (χ1n) is 8.05. The SMILES string of the molecule is CC(C)(C)[N-]CCCC1=CC=CC1.CC[N-]C.CC[N-]C.[CH3-].[Hf+4]. The molecule has 4 heteroatoms. The van der Waals surface area contributed by atoms with Crippen LogP contribution in [0.2, 0.25) is 0 Å². The average Bonchev–Trinajstić information content (AvgIpc) is 2.96. The summed E-state index contributed by atoms with van der Waals surface area (Å²) < 4.78 is 0. The van der Waals surface area contributed by atoms with Crippen LogP contribution in [0, 0.1) is 7.43 Å². The van der Waals surface area contributed by atoms with Gasteiger partial charge < -0.3 is 23.4 Å². The van der Waals surface area contributed by atoms with Crippen LogP contribution in [0.1, 0.15) is 53.9 Å². The van der Waals surface area contributed by atoms with Crippen LogP contribution in [-0.4, -0.2) is 39.3 Å². The molecule has 0 saturated carbocycles. The molecular weight excluding hydrogens is 449 g/mol. The van der Waals surface area contributed by atoms with Crippen molar-refractivity contribution in [3.8, 4) is 0 Å². The van der Waals surface area contributed by atoms with Gasteiger partial charge >= 0.3 is 25.8 Å². The zero-order valence-corrected chi connectivity index (χ0v) is 20.4. The van der Waals surface area contributed by atoms with Crippen molar-refractivity contribution in [2.75, 3.05) is 33.7 Å². The van der Waals surface area contributed by atoms with Gasteiger partial charge in [-0.05, 0) is 12.8 Å². The van der Waals surface area contributed by atoms with Crippen molar-refractivity contribution < 1.29 is 25.8 Å². The molecule has 1 aliphatic carbocycles. The fourth-order valence-electron chi connectivity index (χ4n) is 1.40. The molecule has 0 heterocycles. The Bertz CT molecular complexity index is 260. The second kappa shape index (κ2) is 22.2. The minimum atomic E-state index is 0. The molecule has 0 aliphatic heterocycles. The van der Waals surface area contributed by atoms with Crippen LogP contribution in [0.5, 0.6) is 0 Å². The Hall–Kier alpha value is 0.230. The molecular formula is C19H39HfN3. The quantitative estimate of drug-likeness (QED) is 0.240. The first kappa shape index (κ1) is 31.0. The molecule has 0 fully saturated rings. The summed E-state index contributed by atoms with van der Waals surface area (Å²) in [5, 5.41) is 12.0. The Morgan fingerprint density at radius 2 is 1.52 bits per heavy atom. The molecule has 0 aromatic rings. The van der Waals surface area contributed by atoms with E-state index in [2.05, 4.69) is 54.9 Å². The van der Waals surface area contributed by atoms with Crippen molar-refractivity contribution in [1.29, 1.82) is 0 Å². The van der Waals surface area contributed by atoms with Crippen molar-refractivity contribution >= 4 is 0 Å². The summed E-state index contributed by atoms with van der Waals surface area (Å²) in [7, 11) is 3.61. The molecule has 0 unspecified atom stereocenters. The molecule has 0 radical (unpaired) electrons. The smallest absolute Gasteiger partial charge is 0.665 e. The molecule has 23 heavy (non-hydrogen) atoms. The molecule has 0 N–H and O–H groups in total. The zero-order valence-electron chi connectivity index (χ0n) is 16.8. The van der Waals surface area contributed by atoms with E-state index in [1.807, 2.05) is 13.8 Å². The topological polar surface area (TPSA) is 42.3 Å². The average molecular weight is 488 g/mol. The molecule has 1 rings (SSSR count). The van der Waals surface area contributed by atoms with E-state index in [1.54, 1.807) is 19.7 Å². The fraction of sp³-hybridized carbons (Fsp3) is 0.737. The maximum Gasteiger partial charge on any atom is 4.00 e. The van der Waals surface area contributed by atoms with Crippen molar-refractivity contribution in [2.45, 2.75) is 59.4 Å². The Morgan fingerprint density at radius 3 is 1.83 bits per heavy atom. The molecule has 1 aliphatic rings. The Kier molecular flexibility index (Phi) is 30.0. The van der Waals surface area contributed by atoms with Gasteiger partial charge in [-0.2, -0.15) is 27.2 Å². The number of hydrogen-bond donors (Lipinski definition) is 0. The van der Waals surface area contributed by atoms with Gasteiger partial charge in [-0.25, -0.2) is 0 Å². The summed E-state index contributed by atoms with van der Waals surface area (Å²) in [4.78, 5) is 0. The zero-order chi connectivity index (χ0) is 16.6. The van der Waals surface area contributed by atoms with Gasteiger partial charge in [0.05, 0.1) is 0 Å². The van der Waals surface area contributed by atoms with Gasteiger partial charge in [0, 0.05) is 0 Å². The standard InChI is InChI=1S/C12H20N.2C3H8N.CH3.Hf/c1-12(2,3)13-10-6-9-11-7-4-5-8-11;2*1-3-4-2;;/h4-5,7H,6,8-10H2,1-3H3;2*3H2,1-2H3;1H3;/q4*-1;+4. The van der Waals surface area contributed by atoms with Gasteiger partial charge in [-0.15, -0.1) is 12.1 Å². The molecule has 0 aromatic heterocycles. The van der Waals surface area contributed by atoms with Gasteiger partial charge in [0.1, 0.15) is 0 Å². The van der Waals surface area contributed by atoms with Crippen LogP contribution in [-0.2, 0) is 25.8 Å². The molecule has 0 saturated heterocycles. The Labute approximate surface area is 165 Å². The van der Waals surface area contributed by atoms with E-state index in [-0.39, 0.29) is 38.8 Å². The van der Waals surface area contributed by atoms with E-state index in [0.29, 0.717) is 0 Å². The molecule has 134 valence electrons. The van der Waals surface area contributed by atoms with Gasteiger partial charge in [0.15, 0.2) is 0 Å². The second-order valence-electron chi connectivity index (χ2n) is 5.88. The third kappa shape index (κ3) is 30.6.